The van der Waals surface area contributed by atoms with Crippen LogP contribution in [0.25, 0.3) is 0 Å². The summed E-state index contributed by atoms with van der Waals surface area (Å²) in [5, 5.41) is 0. The van der Waals surface area contributed by atoms with E-state index in [2.05, 4.69) is 19.2 Å². The third kappa shape index (κ3) is 4.91. The minimum atomic E-state index is 0.101. The van der Waals surface area contributed by atoms with Crippen LogP contribution in [0.5, 0.6) is 0 Å². The fraction of sp³-hybridized carbons (Fsp3) is 0.381. The fourth-order valence-electron chi connectivity index (χ4n) is 3.19. The van der Waals surface area contributed by atoms with Crippen LogP contribution in [0.4, 0.5) is 0 Å². The summed E-state index contributed by atoms with van der Waals surface area (Å²) in [6.07, 6.45) is 0. The predicted octanol–water partition coefficient (Wildman–Crippen LogP) is 2.81. The number of hydrogen-bond donors (Lipinski definition) is 0. The Balaban J connectivity index is 1.73. The molecular weight excluding hydrogens is 312 g/mol. The number of rotatable bonds is 6. The molecule has 0 bridgehead atoms. The highest BCUT2D eigenvalue weighted by molar-refractivity contribution is 5.94. The highest BCUT2D eigenvalue weighted by Gasteiger charge is 2.27. The molecule has 4 heteroatoms. The van der Waals surface area contributed by atoms with Gasteiger partial charge in [0.1, 0.15) is 13.1 Å². The van der Waals surface area contributed by atoms with Gasteiger partial charge < -0.3 is 14.1 Å². The minimum absolute atomic E-state index is 0.101. The molecule has 3 rings (SSSR count). The first-order chi connectivity index (χ1) is 12.2. The molecule has 0 atom stereocenters. The van der Waals surface area contributed by atoms with Crippen molar-refractivity contribution in [2.75, 3.05) is 46.4 Å². The molecule has 0 aromatic heterocycles. The monoisotopic (exact) mass is 339 g/mol. The third-order valence-electron chi connectivity index (χ3n) is 4.98. The van der Waals surface area contributed by atoms with Gasteiger partial charge >= 0.3 is 0 Å². The number of carbonyl (C=O) groups is 1. The number of hydrogen-bond acceptors (Lipinski definition) is 2. The molecule has 1 amide bonds. The van der Waals surface area contributed by atoms with E-state index in [1.807, 2.05) is 53.4 Å². The summed E-state index contributed by atoms with van der Waals surface area (Å²) < 4.78 is 6.45. The average molecular weight is 339 g/mol. The van der Waals surface area contributed by atoms with Gasteiger partial charge in [-0.1, -0.05) is 48.5 Å². The van der Waals surface area contributed by atoms with Crippen molar-refractivity contribution in [3.63, 3.8) is 0 Å². The lowest BCUT2D eigenvalue weighted by Gasteiger charge is -2.39. The summed E-state index contributed by atoms with van der Waals surface area (Å²) in [5.74, 6) is 0.101. The third-order valence-corrected chi connectivity index (χ3v) is 4.98. The summed E-state index contributed by atoms with van der Waals surface area (Å²) in [6.45, 7) is 5.99. The van der Waals surface area contributed by atoms with E-state index >= 15 is 0 Å². The molecule has 0 saturated carbocycles. The number of ether oxygens (including phenoxy) is 1. The van der Waals surface area contributed by atoms with Crippen LogP contribution in [0.2, 0.25) is 0 Å². The molecule has 0 spiro atoms. The molecule has 2 aromatic rings. The Morgan fingerprint density at radius 1 is 1.00 bits per heavy atom. The average Bonchev–Trinajstić information content (AvgIpc) is 2.67. The van der Waals surface area contributed by atoms with Gasteiger partial charge in [-0.3, -0.25) is 4.79 Å². The Hall–Kier alpha value is -2.17. The van der Waals surface area contributed by atoms with Crippen LogP contribution in [0.15, 0.2) is 60.7 Å². The number of amides is 1. The number of nitrogens with zero attached hydrogens (tertiary/aromatic N) is 2. The fourth-order valence-corrected chi connectivity index (χ4v) is 3.19. The zero-order valence-corrected chi connectivity index (χ0v) is 14.9. The molecule has 0 radical (unpaired) electrons. The maximum atomic E-state index is 13.0. The molecule has 1 saturated heterocycles. The van der Waals surface area contributed by atoms with Crippen LogP contribution in [0.1, 0.15) is 15.9 Å². The quantitative estimate of drug-likeness (QED) is 0.758. The van der Waals surface area contributed by atoms with Gasteiger partial charge in [0.25, 0.3) is 5.91 Å². The molecule has 0 unspecified atom stereocenters. The van der Waals surface area contributed by atoms with Crippen molar-refractivity contribution in [2.45, 2.75) is 6.54 Å². The molecular formula is C21H27N2O2+. The summed E-state index contributed by atoms with van der Waals surface area (Å²) in [4.78, 5) is 15.0. The lowest BCUT2D eigenvalue weighted by Crippen LogP contribution is -2.55. The van der Waals surface area contributed by atoms with Gasteiger partial charge in [0, 0.05) is 12.1 Å². The van der Waals surface area contributed by atoms with E-state index < -0.39 is 0 Å². The highest BCUT2D eigenvalue weighted by Crippen LogP contribution is 2.13. The van der Waals surface area contributed by atoms with Crippen molar-refractivity contribution in [1.29, 1.82) is 0 Å². The smallest absolute Gasteiger partial charge is 0.254 e. The van der Waals surface area contributed by atoms with Gasteiger partial charge in [-0.25, -0.2) is 0 Å². The van der Waals surface area contributed by atoms with Crippen molar-refractivity contribution in [3.05, 3.63) is 71.8 Å². The topological polar surface area (TPSA) is 29.5 Å². The van der Waals surface area contributed by atoms with Crippen molar-refractivity contribution in [1.82, 2.24) is 4.90 Å². The molecule has 0 N–H and O–H groups in total. The molecule has 4 nitrogen and oxygen atoms in total. The number of benzene rings is 2. The lowest BCUT2D eigenvalue weighted by molar-refractivity contribution is -0.916. The van der Waals surface area contributed by atoms with Crippen molar-refractivity contribution in [2.24, 2.45) is 0 Å². The first kappa shape index (κ1) is 17.6. The SMILES string of the molecule is C[N+]1(CCN(Cc2ccccc2)C(=O)c2ccccc2)CCOCC1. The Morgan fingerprint density at radius 3 is 2.24 bits per heavy atom. The summed E-state index contributed by atoms with van der Waals surface area (Å²) in [5.41, 5.74) is 1.92. The molecule has 25 heavy (non-hydrogen) atoms. The minimum Gasteiger partial charge on any atom is -0.370 e. The van der Waals surface area contributed by atoms with Crippen molar-refractivity contribution < 1.29 is 14.0 Å². The van der Waals surface area contributed by atoms with E-state index in [-0.39, 0.29) is 5.91 Å². The van der Waals surface area contributed by atoms with E-state index in [0.717, 1.165) is 55.0 Å². The van der Waals surface area contributed by atoms with E-state index in [1.54, 1.807) is 0 Å². The Labute approximate surface area is 150 Å². The number of likely N-dealkylation sites (N-methyl/N-ethyl adjacent to an activating group) is 1. The summed E-state index contributed by atoms with van der Waals surface area (Å²) >= 11 is 0. The molecule has 132 valence electrons. The Bertz CT molecular complexity index is 667. The molecule has 1 aliphatic heterocycles. The van der Waals surface area contributed by atoms with Gasteiger partial charge in [-0.2, -0.15) is 0 Å². The second-order valence-corrected chi connectivity index (χ2v) is 6.98. The maximum Gasteiger partial charge on any atom is 0.254 e. The second-order valence-electron chi connectivity index (χ2n) is 6.98. The number of morpholine rings is 1. The first-order valence-electron chi connectivity index (χ1n) is 8.96. The molecule has 2 aromatic carbocycles. The summed E-state index contributed by atoms with van der Waals surface area (Å²) in [7, 11) is 2.26. The van der Waals surface area contributed by atoms with Gasteiger partial charge in [0.2, 0.25) is 0 Å². The largest absolute Gasteiger partial charge is 0.370 e. The lowest BCUT2D eigenvalue weighted by atomic mass is 10.1. The van der Waals surface area contributed by atoms with Crippen LogP contribution in [-0.4, -0.2) is 61.7 Å². The molecule has 1 aliphatic rings. The first-order valence-corrected chi connectivity index (χ1v) is 8.96. The molecule has 0 aliphatic carbocycles. The number of quaternary nitrogens is 1. The van der Waals surface area contributed by atoms with E-state index in [9.17, 15) is 4.79 Å². The van der Waals surface area contributed by atoms with Crippen molar-refractivity contribution >= 4 is 5.91 Å². The zero-order valence-electron chi connectivity index (χ0n) is 14.9. The predicted molar refractivity (Wildman–Crippen MR) is 99.2 cm³/mol. The van der Waals surface area contributed by atoms with E-state index in [0.29, 0.717) is 6.54 Å². The Kier molecular flexibility index (Phi) is 5.84. The van der Waals surface area contributed by atoms with Crippen LogP contribution >= 0.6 is 0 Å². The molecule has 1 heterocycles. The van der Waals surface area contributed by atoms with Crippen LogP contribution in [0.3, 0.4) is 0 Å². The van der Waals surface area contributed by atoms with Crippen LogP contribution < -0.4 is 0 Å². The normalized spacial score (nSPS) is 16.4. The van der Waals surface area contributed by atoms with Crippen LogP contribution in [-0.2, 0) is 11.3 Å². The standard InChI is InChI=1S/C21H27N2O2/c1-23(14-16-25-17-15-23)13-12-22(18-19-8-4-2-5-9-19)21(24)20-10-6-3-7-11-20/h2-11H,12-18H2,1H3/q+1. The number of carbonyl (C=O) groups excluding carboxylic acids is 1. The van der Waals surface area contributed by atoms with Crippen LogP contribution in [0, 0.1) is 0 Å². The highest BCUT2D eigenvalue weighted by atomic mass is 16.5. The Morgan fingerprint density at radius 2 is 1.60 bits per heavy atom. The van der Waals surface area contributed by atoms with Crippen molar-refractivity contribution in [3.8, 4) is 0 Å². The van der Waals surface area contributed by atoms with E-state index in [4.69, 9.17) is 4.74 Å². The van der Waals surface area contributed by atoms with Gasteiger partial charge in [-0.05, 0) is 17.7 Å². The maximum absolute atomic E-state index is 13.0. The van der Waals surface area contributed by atoms with E-state index in [1.165, 1.54) is 0 Å². The summed E-state index contributed by atoms with van der Waals surface area (Å²) in [6, 6.07) is 19.8. The second kappa shape index (κ2) is 8.28. The van der Waals surface area contributed by atoms with Gasteiger partial charge in [0.05, 0.1) is 33.4 Å². The zero-order chi connectivity index (χ0) is 17.5. The van der Waals surface area contributed by atoms with Gasteiger partial charge in [-0.15, -0.1) is 0 Å². The molecule has 1 fully saturated rings. The van der Waals surface area contributed by atoms with Gasteiger partial charge in [0.15, 0.2) is 0 Å².